The van der Waals surface area contributed by atoms with Crippen molar-refractivity contribution in [1.29, 1.82) is 0 Å². The van der Waals surface area contributed by atoms with Gasteiger partial charge in [-0.25, -0.2) is 0 Å². The van der Waals surface area contributed by atoms with Gasteiger partial charge >= 0.3 is 0 Å². The number of halogens is 1. The Labute approximate surface area is 119 Å². The summed E-state index contributed by atoms with van der Waals surface area (Å²) in [5.41, 5.74) is 13.4. The average molecular weight is 353 g/mol. The molecule has 0 bridgehead atoms. The van der Waals surface area contributed by atoms with Crippen LogP contribution in [0.25, 0.3) is 0 Å². The van der Waals surface area contributed by atoms with Gasteiger partial charge in [0.2, 0.25) is 0 Å². The van der Waals surface area contributed by atoms with E-state index in [9.17, 15) is 4.79 Å². The molecule has 92 valence electrons. The first kappa shape index (κ1) is 12.7. The molecule has 0 heterocycles. The van der Waals surface area contributed by atoms with Crippen LogP contribution in [0.3, 0.4) is 0 Å². The van der Waals surface area contributed by atoms with Crippen LogP contribution in [0.2, 0.25) is 0 Å². The van der Waals surface area contributed by atoms with Crippen LogP contribution in [0.4, 0.5) is 17.1 Å². The van der Waals surface area contributed by atoms with E-state index in [1.54, 1.807) is 18.2 Å². The van der Waals surface area contributed by atoms with Crippen molar-refractivity contribution in [2.75, 3.05) is 16.8 Å². The predicted octanol–water partition coefficient (Wildman–Crippen LogP) is 2.71. The van der Waals surface area contributed by atoms with E-state index in [1.807, 2.05) is 24.3 Å². The van der Waals surface area contributed by atoms with E-state index in [-0.39, 0.29) is 5.91 Å². The molecule has 2 aromatic carbocycles. The fraction of sp³-hybridized carbons (Fsp3) is 0. The Bertz CT molecular complexity index is 581. The van der Waals surface area contributed by atoms with E-state index in [0.717, 1.165) is 9.26 Å². The topological polar surface area (TPSA) is 81.1 Å². The van der Waals surface area contributed by atoms with Gasteiger partial charge in [-0.05, 0) is 65.1 Å². The highest BCUT2D eigenvalue weighted by Gasteiger charge is 2.09. The minimum Gasteiger partial charge on any atom is -0.399 e. The van der Waals surface area contributed by atoms with Gasteiger partial charge in [0.15, 0.2) is 0 Å². The highest BCUT2D eigenvalue weighted by molar-refractivity contribution is 14.1. The first-order chi connectivity index (χ1) is 8.56. The van der Waals surface area contributed by atoms with Gasteiger partial charge < -0.3 is 16.8 Å². The van der Waals surface area contributed by atoms with Crippen molar-refractivity contribution in [3.63, 3.8) is 0 Å². The zero-order valence-corrected chi connectivity index (χ0v) is 11.6. The number of nitrogen functional groups attached to an aromatic ring is 2. The monoisotopic (exact) mass is 353 g/mol. The zero-order chi connectivity index (χ0) is 13.1. The summed E-state index contributed by atoms with van der Waals surface area (Å²) in [5, 5.41) is 2.78. The molecule has 0 aromatic heterocycles. The lowest BCUT2D eigenvalue weighted by Crippen LogP contribution is -2.14. The van der Waals surface area contributed by atoms with E-state index in [0.29, 0.717) is 16.9 Å². The van der Waals surface area contributed by atoms with Crippen LogP contribution >= 0.6 is 22.6 Å². The lowest BCUT2D eigenvalue weighted by Gasteiger charge is -2.08. The molecule has 0 aliphatic rings. The largest absolute Gasteiger partial charge is 0.399 e. The lowest BCUT2D eigenvalue weighted by atomic mass is 10.1. The third-order valence-corrected chi connectivity index (χ3v) is 3.14. The van der Waals surface area contributed by atoms with Crippen LogP contribution in [0.15, 0.2) is 42.5 Å². The first-order valence-corrected chi connectivity index (χ1v) is 6.36. The highest BCUT2D eigenvalue weighted by Crippen LogP contribution is 2.18. The number of anilines is 3. The minimum atomic E-state index is -0.242. The number of hydrogen-bond donors (Lipinski definition) is 3. The fourth-order valence-electron chi connectivity index (χ4n) is 1.52. The Morgan fingerprint density at radius 1 is 1.06 bits per heavy atom. The maximum Gasteiger partial charge on any atom is 0.257 e. The third kappa shape index (κ3) is 2.92. The summed E-state index contributed by atoms with van der Waals surface area (Å²) < 4.78 is 1.11. The van der Waals surface area contributed by atoms with Crippen molar-refractivity contribution >= 4 is 45.6 Å². The Kier molecular flexibility index (Phi) is 3.71. The number of nitrogens with two attached hydrogens (primary N) is 2. The van der Waals surface area contributed by atoms with Gasteiger partial charge in [-0.15, -0.1) is 0 Å². The summed E-state index contributed by atoms with van der Waals surface area (Å²) in [6, 6.07) is 12.4. The second-order valence-electron chi connectivity index (χ2n) is 3.81. The van der Waals surface area contributed by atoms with Gasteiger partial charge in [-0.1, -0.05) is 0 Å². The summed E-state index contributed by atoms with van der Waals surface area (Å²) in [5.74, 6) is -0.242. The van der Waals surface area contributed by atoms with Gasteiger partial charge in [0.05, 0.1) is 5.56 Å². The zero-order valence-electron chi connectivity index (χ0n) is 9.48. The van der Waals surface area contributed by atoms with Gasteiger partial charge in [-0.3, -0.25) is 4.79 Å². The number of benzene rings is 2. The normalized spacial score (nSPS) is 10.1. The molecule has 0 unspecified atom stereocenters. The standard InChI is InChI=1S/C13H12IN3O/c14-8-1-4-10(5-2-8)17-13(18)11-6-3-9(15)7-12(11)16/h1-7H,15-16H2,(H,17,18). The van der Waals surface area contributed by atoms with Crippen LogP contribution in [-0.4, -0.2) is 5.91 Å². The molecule has 0 aliphatic carbocycles. The quantitative estimate of drug-likeness (QED) is 0.574. The maximum atomic E-state index is 12.0. The van der Waals surface area contributed by atoms with Gasteiger partial charge in [0.1, 0.15) is 0 Å². The Morgan fingerprint density at radius 2 is 1.72 bits per heavy atom. The molecule has 0 aliphatic heterocycles. The summed E-state index contributed by atoms with van der Waals surface area (Å²) in [6.45, 7) is 0. The molecular formula is C13H12IN3O. The van der Waals surface area contributed by atoms with E-state index in [2.05, 4.69) is 27.9 Å². The molecule has 0 fully saturated rings. The molecule has 5 heteroatoms. The first-order valence-electron chi connectivity index (χ1n) is 5.28. The Balaban J connectivity index is 2.19. The van der Waals surface area contributed by atoms with Crippen molar-refractivity contribution in [2.45, 2.75) is 0 Å². The minimum absolute atomic E-state index is 0.242. The molecular weight excluding hydrogens is 341 g/mol. The molecule has 18 heavy (non-hydrogen) atoms. The van der Waals surface area contributed by atoms with Crippen molar-refractivity contribution in [3.05, 3.63) is 51.6 Å². The highest BCUT2D eigenvalue weighted by atomic mass is 127. The molecule has 0 saturated carbocycles. The number of nitrogens with one attached hydrogen (secondary N) is 1. The molecule has 0 spiro atoms. The second kappa shape index (κ2) is 5.26. The van der Waals surface area contributed by atoms with E-state index in [4.69, 9.17) is 11.5 Å². The van der Waals surface area contributed by atoms with E-state index < -0.39 is 0 Å². The molecule has 0 atom stereocenters. The fourth-order valence-corrected chi connectivity index (χ4v) is 1.88. The average Bonchev–Trinajstić information content (AvgIpc) is 2.32. The summed E-state index contributed by atoms with van der Waals surface area (Å²) in [4.78, 5) is 12.0. The number of carbonyl (C=O) groups excluding carboxylic acids is 1. The van der Waals surface area contributed by atoms with Crippen LogP contribution < -0.4 is 16.8 Å². The smallest absolute Gasteiger partial charge is 0.257 e. The van der Waals surface area contributed by atoms with E-state index in [1.165, 1.54) is 0 Å². The molecule has 2 aromatic rings. The molecule has 2 rings (SSSR count). The van der Waals surface area contributed by atoms with Crippen LogP contribution in [0, 0.1) is 3.57 Å². The predicted molar refractivity (Wildman–Crippen MR) is 82.4 cm³/mol. The summed E-state index contributed by atoms with van der Waals surface area (Å²) in [6.07, 6.45) is 0. The van der Waals surface area contributed by atoms with Gasteiger partial charge in [-0.2, -0.15) is 0 Å². The summed E-state index contributed by atoms with van der Waals surface area (Å²) in [7, 11) is 0. The van der Waals surface area contributed by atoms with Crippen molar-refractivity contribution < 1.29 is 4.79 Å². The van der Waals surface area contributed by atoms with Crippen molar-refractivity contribution in [1.82, 2.24) is 0 Å². The Hall–Kier alpha value is -1.76. The van der Waals surface area contributed by atoms with Crippen LogP contribution in [0.1, 0.15) is 10.4 Å². The number of rotatable bonds is 2. The van der Waals surface area contributed by atoms with Crippen LogP contribution in [0.5, 0.6) is 0 Å². The maximum absolute atomic E-state index is 12.0. The Morgan fingerprint density at radius 3 is 2.33 bits per heavy atom. The van der Waals surface area contributed by atoms with E-state index >= 15 is 0 Å². The summed E-state index contributed by atoms with van der Waals surface area (Å²) >= 11 is 2.20. The number of amides is 1. The molecule has 5 N–H and O–H groups in total. The van der Waals surface area contributed by atoms with Crippen molar-refractivity contribution in [3.8, 4) is 0 Å². The van der Waals surface area contributed by atoms with Gasteiger partial charge in [0, 0.05) is 20.6 Å². The number of hydrogen-bond acceptors (Lipinski definition) is 3. The molecule has 4 nitrogen and oxygen atoms in total. The van der Waals surface area contributed by atoms with Crippen molar-refractivity contribution in [2.24, 2.45) is 0 Å². The SMILES string of the molecule is Nc1ccc(C(=O)Nc2ccc(I)cc2)c(N)c1. The van der Waals surface area contributed by atoms with Crippen LogP contribution in [-0.2, 0) is 0 Å². The molecule has 1 amide bonds. The lowest BCUT2D eigenvalue weighted by molar-refractivity contribution is 0.102. The molecule has 0 radical (unpaired) electrons. The third-order valence-electron chi connectivity index (χ3n) is 2.42. The number of carbonyl (C=O) groups is 1. The second-order valence-corrected chi connectivity index (χ2v) is 5.05. The molecule has 0 saturated heterocycles. The van der Waals surface area contributed by atoms with Gasteiger partial charge in [0.25, 0.3) is 5.91 Å².